The molecule has 3 aromatic heterocycles. The van der Waals surface area contributed by atoms with E-state index in [0.29, 0.717) is 23.4 Å². The van der Waals surface area contributed by atoms with Gasteiger partial charge in [-0.05, 0) is 113 Å². The number of benzene rings is 8. The first kappa shape index (κ1) is 51.6. The van der Waals surface area contributed by atoms with Crippen LogP contribution < -0.4 is 16.0 Å². The van der Waals surface area contributed by atoms with Crippen LogP contribution >= 0.6 is 0 Å². The summed E-state index contributed by atoms with van der Waals surface area (Å²) in [4.78, 5) is 16.0. The highest BCUT2D eigenvalue weighted by atomic mass is 15.4. The maximum Gasteiger partial charge on any atom is 0.164 e. The second kappa shape index (κ2) is 20.7. The van der Waals surface area contributed by atoms with Crippen LogP contribution in [0.4, 0.5) is 0 Å². The van der Waals surface area contributed by atoms with Gasteiger partial charge in [0.15, 0.2) is 17.5 Å². The second-order valence-electron chi connectivity index (χ2n) is 24.5. The molecule has 8 heteroatoms. The Morgan fingerprint density at radius 3 is 1.98 bits per heavy atom. The summed E-state index contributed by atoms with van der Waals surface area (Å²) in [6.07, 6.45) is 31.4. The molecule has 4 heterocycles. The lowest BCUT2D eigenvalue weighted by atomic mass is 9.80. The first-order chi connectivity index (χ1) is 42.9. The molecule has 0 bridgehead atoms. The molecule has 1 saturated heterocycles. The van der Waals surface area contributed by atoms with E-state index in [-0.39, 0.29) is 23.9 Å². The molecule has 1 fully saturated rings. The standard InChI is InChI=1S/C79H64N8/c1-79(2)62-38-20-17-35-58(62)67-70(79)68-59-36-18-21-39-64(59)87(72(68)69-60-37-19-22-40-65(60)86(71(67)69)63-41-23-33-51-26-15-16-34-57(51)63)66-47-46-56(77-82-73(52-27-9-4-10-28-52)80-74(83-77)53-29-11-5-12-30-53)48-61(66)78-84-75(54-31-13-6-14-32-54)81-76(85-78)55-44-42-50(43-45-55)49-24-7-3-8-25-49/h3-4,6-11,13,15-31,34-48,51,75-76,78,81,84-85H,5,12,14,32-33H2,1-2H3. The summed E-state index contributed by atoms with van der Waals surface area (Å²) < 4.78 is 5.26. The highest BCUT2D eigenvalue weighted by Crippen LogP contribution is 2.59. The molecule has 17 rings (SSSR count). The number of allylic oxidation sites excluding steroid dienone is 15. The molecule has 8 aromatic carbocycles. The van der Waals surface area contributed by atoms with Crippen LogP contribution in [0.5, 0.6) is 0 Å². The molecule has 420 valence electrons. The topological polar surface area (TPSA) is 84.6 Å². The molecule has 1 aliphatic heterocycles. The predicted molar refractivity (Wildman–Crippen MR) is 358 cm³/mol. The minimum absolute atomic E-state index is 0.161. The molecule has 0 spiro atoms. The molecule has 0 amide bonds. The third-order valence-electron chi connectivity index (χ3n) is 19.1. The first-order valence-corrected chi connectivity index (χ1v) is 30.9. The van der Waals surface area contributed by atoms with Gasteiger partial charge in [0.05, 0.1) is 46.3 Å². The van der Waals surface area contributed by atoms with Crippen molar-refractivity contribution < 1.29 is 0 Å². The molecule has 0 saturated carbocycles. The third-order valence-corrected chi connectivity index (χ3v) is 19.1. The Hall–Kier alpha value is -9.83. The Balaban J connectivity index is 0.973. The monoisotopic (exact) mass is 1120 g/mol. The molecule has 11 aromatic rings. The van der Waals surface area contributed by atoms with Crippen molar-refractivity contribution in [3.05, 3.63) is 288 Å². The minimum atomic E-state index is -0.388. The van der Waals surface area contributed by atoms with E-state index in [9.17, 15) is 0 Å². The summed E-state index contributed by atoms with van der Waals surface area (Å²) >= 11 is 0. The Morgan fingerprint density at radius 1 is 0.517 bits per heavy atom. The smallest absolute Gasteiger partial charge is 0.164 e. The van der Waals surface area contributed by atoms with E-state index >= 15 is 0 Å². The molecular weight excluding hydrogens is 1060 g/mol. The van der Waals surface area contributed by atoms with Crippen molar-refractivity contribution in [2.45, 2.75) is 69.9 Å². The third kappa shape index (κ3) is 8.41. The van der Waals surface area contributed by atoms with Crippen LogP contribution in [0.1, 0.15) is 86.4 Å². The number of hydrogen-bond acceptors (Lipinski definition) is 6. The van der Waals surface area contributed by atoms with Crippen molar-refractivity contribution in [3.63, 3.8) is 0 Å². The van der Waals surface area contributed by atoms with Crippen LogP contribution in [-0.2, 0) is 5.41 Å². The fraction of sp³-hybridized carbons (Fsp3) is 0.152. The van der Waals surface area contributed by atoms with E-state index in [1.165, 1.54) is 88.3 Å². The Morgan fingerprint density at radius 2 is 1.20 bits per heavy atom. The van der Waals surface area contributed by atoms with Gasteiger partial charge in [-0.25, -0.2) is 15.0 Å². The van der Waals surface area contributed by atoms with E-state index in [1.54, 1.807) is 0 Å². The van der Waals surface area contributed by atoms with Gasteiger partial charge in [0.25, 0.3) is 0 Å². The van der Waals surface area contributed by atoms with Crippen molar-refractivity contribution in [3.8, 4) is 50.7 Å². The summed E-state index contributed by atoms with van der Waals surface area (Å²) in [6, 6.07) is 64.5. The first-order valence-electron chi connectivity index (χ1n) is 30.9. The van der Waals surface area contributed by atoms with Gasteiger partial charge in [-0.3, -0.25) is 16.0 Å². The van der Waals surface area contributed by atoms with Gasteiger partial charge in [-0.2, -0.15) is 0 Å². The molecule has 8 nitrogen and oxygen atoms in total. The number of aromatic nitrogens is 5. The molecular formula is C79H64N8. The summed E-state index contributed by atoms with van der Waals surface area (Å²) in [5.74, 6) is 2.22. The summed E-state index contributed by atoms with van der Waals surface area (Å²) in [7, 11) is 0. The number of rotatable bonds is 9. The van der Waals surface area contributed by atoms with Gasteiger partial charge in [0.1, 0.15) is 0 Å². The van der Waals surface area contributed by atoms with Gasteiger partial charge >= 0.3 is 0 Å². The molecule has 4 unspecified atom stereocenters. The molecule has 3 N–H and O–H groups in total. The molecule has 6 aliphatic rings. The van der Waals surface area contributed by atoms with Gasteiger partial charge in [-0.15, -0.1) is 0 Å². The Labute approximate surface area is 506 Å². The summed E-state index contributed by atoms with van der Waals surface area (Å²) in [5, 5.41) is 17.5. The van der Waals surface area contributed by atoms with Crippen LogP contribution in [-0.4, -0.2) is 30.3 Å². The summed E-state index contributed by atoms with van der Waals surface area (Å²) in [6.45, 7) is 4.90. The Bertz CT molecular complexity index is 4900. The van der Waals surface area contributed by atoms with Gasteiger partial charge < -0.3 is 9.13 Å². The van der Waals surface area contributed by atoms with Crippen molar-refractivity contribution in [2.75, 3.05) is 0 Å². The predicted octanol–water partition coefficient (Wildman–Crippen LogP) is 18.1. The average Bonchev–Trinajstić information content (AvgIpc) is 1.51. The number of nitrogens with zero attached hydrogens (tertiary/aromatic N) is 5. The van der Waals surface area contributed by atoms with Crippen molar-refractivity contribution in [2.24, 2.45) is 5.92 Å². The van der Waals surface area contributed by atoms with E-state index in [0.717, 1.165) is 71.1 Å². The summed E-state index contributed by atoms with van der Waals surface area (Å²) in [5.41, 5.74) is 22.1. The van der Waals surface area contributed by atoms with Gasteiger partial charge in [0.2, 0.25) is 0 Å². The molecule has 87 heavy (non-hydrogen) atoms. The molecule has 5 aliphatic carbocycles. The van der Waals surface area contributed by atoms with E-state index in [2.05, 4.69) is 282 Å². The number of fused-ring (bicyclic) bond motifs is 13. The maximum absolute atomic E-state index is 5.40. The van der Waals surface area contributed by atoms with Crippen LogP contribution in [0.15, 0.2) is 260 Å². The molecule has 0 radical (unpaired) electrons. The lowest BCUT2D eigenvalue weighted by molar-refractivity contribution is 0.219. The van der Waals surface area contributed by atoms with Crippen LogP contribution in [0.2, 0.25) is 0 Å². The van der Waals surface area contributed by atoms with E-state index in [4.69, 9.17) is 15.0 Å². The fourth-order valence-corrected chi connectivity index (χ4v) is 15.0. The highest BCUT2D eigenvalue weighted by molar-refractivity contribution is 6.32. The Kier molecular flexibility index (Phi) is 12.3. The van der Waals surface area contributed by atoms with Crippen molar-refractivity contribution in [1.29, 1.82) is 0 Å². The average molecular weight is 1130 g/mol. The SMILES string of the molecule is CC1(C)c2ccccc2-c2c1c1c3ccccc3n(-c3ccc(-c4nc(C5=CCCC=C5)nc(-c5ccccc5)n4)cc3C3NC(C4=CC=CCC4)NC(c4ccc(-c5ccccc5)cc4)N3)c1c1c3ccccc3n(C3=C4C=CC=CC4CC=C3)c21. The number of hydrogen-bond donors (Lipinski definition) is 3. The zero-order valence-electron chi connectivity index (χ0n) is 48.8. The van der Waals surface area contributed by atoms with Crippen LogP contribution in [0, 0.1) is 5.92 Å². The van der Waals surface area contributed by atoms with Crippen molar-refractivity contribution in [1.82, 2.24) is 40.0 Å². The zero-order chi connectivity index (χ0) is 57.7. The quantitative estimate of drug-likeness (QED) is 0.134. The fourth-order valence-electron chi connectivity index (χ4n) is 15.0. The lowest BCUT2D eigenvalue weighted by Crippen LogP contribution is -2.59. The maximum atomic E-state index is 5.40. The normalized spacial score (nSPS) is 20.1. The van der Waals surface area contributed by atoms with Crippen LogP contribution in [0.25, 0.3) is 106 Å². The van der Waals surface area contributed by atoms with Crippen molar-refractivity contribution >= 4 is 54.9 Å². The largest absolute Gasteiger partial charge is 0.308 e. The number of nitrogens with one attached hydrogen (secondary N) is 3. The minimum Gasteiger partial charge on any atom is -0.308 e. The van der Waals surface area contributed by atoms with Crippen LogP contribution in [0.3, 0.4) is 0 Å². The van der Waals surface area contributed by atoms with E-state index in [1.807, 2.05) is 6.07 Å². The second-order valence-corrected chi connectivity index (χ2v) is 24.5. The zero-order valence-corrected chi connectivity index (χ0v) is 48.8. The highest BCUT2D eigenvalue weighted by Gasteiger charge is 2.43. The molecule has 4 atom stereocenters. The lowest BCUT2D eigenvalue weighted by Gasteiger charge is -2.41. The van der Waals surface area contributed by atoms with E-state index < -0.39 is 0 Å². The van der Waals surface area contributed by atoms with Gasteiger partial charge in [0, 0.05) is 66.4 Å². The van der Waals surface area contributed by atoms with Gasteiger partial charge in [-0.1, -0.05) is 226 Å². The number of para-hydroxylation sites is 2.